The minimum absolute atomic E-state index is 0.766. The normalized spacial score (nSPS) is 11.3. The van der Waals surface area contributed by atoms with E-state index in [-0.39, 0.29) is 0 Å². The van der Waals surface area contributed by atoms with Gasteiger partial charge in [0.15, 0.2) is 0 Å². The first-order valence-corrected chi connectivity index (χ1v) is 16.2. The van der Waals surface area contributed by atoms with Crippen LogP contribution in [0.5, 0.6) is 0 Å². The molecule has 0 spiro atoms. The molecule has 0 atom stereocenters. The van der Waals surface area contributed by atoms with Gasteiger partial charge in [0.1, 0.15) is 5.82 Å². The fourth-order valence-corrected chi connectivity index (χ4v) is 6.44. The molecule has 230 valence electrons. The van der Waals surface area contributed by atoms with Crippen molar-refractivity contribution in [3.8, 4) is 62.2 Å². The Morgan fingerprint density at radius 1 is 0.367 bits per heavy atom. The zero-order chi connectivity index (χ0) is 32.6. The van der Waals surface area contributed by atoms with Gasteiger partial charge in [0, 0.05) is 51.6 Å². The number of benzene rings is 3. The first-order chi connectivity index (χ1) is 24.3. The smallest absolute Gasteiger partial charge is 0.138 e. The molecular formula is C43H28N6. The van der Waals surface area contributed by atoms with Crippen LogP contribution in [0, 0.1) is 0 Å². The maximum atomic E-state index is 5.27. The predicted octanol–water partition coefficient (Wildman–Crippen LogP) is 10.1. The molecule has 0 saturated carbocycles. The molecule has 0 aliphatic heterocycles. The Morgan fingerprint density at radius 3 is 1.69 bits per heavy atom. The minimum atomic E-state index is 0.766. The van der Waals surface area contributed by atoms with Crippen molar-refractivity contribution in [1.29, 1.82) is 0 Å². The summed E-state index contributed by atoms with van der Waals surface area (Å²) in [6.45, 7) is 0. The highest BCUT2D eigenvalue weighted by molar-refractivity contribution is 6.08. The Labute approximate surface area is 283 Å². The van der Waals surface area contributed by atoms with E-state index >= 15 is 0 Å². The van der Waals surface area contributed by atoms with Crippen molar-refractivity contribution in [2.75, 3.05) is 0 Å². The van der Waals surface area contributed by atoms with Crippen molar-refractivity contribution < 1.29 is 0 Å². The van der Waals surface area contributed by atoms with Gasteiger partial charge in [-0.1, -0.05) is 91.0 Å². The van der Waals surface area contributed by atoms with Crippen molar-refractivity contribution in [1.82, 2.24) is 29.5 Å². The second kappa shape index (κ2) is 12.1. The summed E-state index contributed by atoms with van der Waals surface area (Å²) < 4.78 is 2.21. The van der Waals surface area contributed by atoms with Gasteiger partial charge in [0.05, 0.1) is 45.2 Å². The average Bonchev–Trinajstić information content (AvgIpc) is 3.53. The second-order valence-corrected chi connectivity index (χ2v) is 11.8. The number of para-hydroxylation sites is 1. The van der Waals surface area contributed by atoms with E-state index in [1.807, 2.05) is 73.1 Å². The maximum Gasteiger partial charge on any atom is 0.138 e. The standard InChI is InChI=1S/C43H28N6/c1-3-12-29(13-4-1)37-25-32(26-38(46-37)30-14-5-2-6-15-30)39-24-31(27-40(47-39)36-17-9-10-22-45-36)35-18-11-20-43(48-35)49-41-19-8-7-16-33(41)34-28-44-23-21-42(34)49/h1-28H. The predicted molar refractivity (Wildman–Crippen MR) is 197 cm³/mol. The lowest BCUT2D eigenvalue weighted by molar-refractivity contribution is 1.08. The SMILES string of the molecule is c1ccc(-c2cc(-c3cc(-c4cccc(-n5c6ccccc6c6cnccc65)n4)cc(-c4ccccn4)n3)cc(-c3ccccc3)n2)cc1. The van der Waals surface area contributed by atoms with E-state index in [4.69, 9.17) is 15.0 Å². The molecule has 0 aliphatic rings. The van der Waals surface area contributed by atoms with Gasteiger partial charge in [0.2, 0.25) is 0 Å². The zero-order valence-corrected chi connectivity index (χ0v) is 26.3. The van der Waals surface area contributed by atoms with Crippen molar-refractivity contribution >= 4 is 21.8 Å². The molecular weight excluding hydrogens is 601 g/mol. The quantitative estimate of drug-likeness (QED) is 0.183. The van der Waals surface area contributed by atoms with Crippen molar-refractivity contribution in [2.45, 2.75) is 0 Å². The van der Waals surface area contributed by atoms with E-state index in [0.29, 0.717) is 0 Å². The molecule has 0 aliphatic carbocycles. The van der Waals surface area contributed by atoms with Crippen LogP contribution in [-0.4, -0.2) is 29.5 Å². The van der Waals surface area contributed by atoms with Crippen LogP contribution in [0.2, 0.25) is 0 Å². The van der Waals surface area contributed by atoms with Crippen molar-refractivity contribution in [3.05, 3.63) is 170 Å². The lowest BCUT2D eigenvalue weighted by Gasteiger charge is -2.13. The average molecular weight is 629 g/mol. The first kappa shape index (κ1) is 28.4. The summed E-state index contributed by atoms with van der Waals surface area (Å²) in [5.74, 6) is 0.828. The van der Waals surface area contributed by atoms with Crippen LogP contribution in [0.25, 0.3) is 84.0 Å². The third-order valence-corrected chi connectivity index (χ3v) is 8.75. The van der Waals surface area contributed by atoms with Gasteiger partial charge in [-0.25, -0.2) is 15.0 Å². The van der Waals surface area contributed by atoms with Gasteiger partial charge >= 0.3 is 0 Å². The summed E-state index contributed by atoms with van der Waals surface area (Å²) in [5, 5.41) is 2.23. The second-order valence-electron chi connectivity index (χ2n) is 11.8. The van der Waals surface area contributed by atoms with Crippen LogP contribution in [0.3, 0.4) is 0 Å². The number of rotatable bonds is 6. The van der Waals surface area contributed by atoms with Crippen molar-refractivity contribution in [2.24, 2.45) is 0 Å². The highest BCUT2D eigenvalue weighted by Gasteiger charge is 2.16. The van der Waals surface area contributed by atoms with Gasteiger partial charge in [-0.05, 0) is 60.7 Å². The van der Waals surface area contributed by atoms with Crippen molar-refractivity contribution in [3.63, 3.8) is 0 Å². The van der Waals surface area contributed by atoms with Gasteiger partial charge in [-0.3, -0.25) is 14.5 Å². The van der Waals surface area contributed by atoms with Crippen LogP contribution in [0.4, 0.5) is 0 Å². The summed E-state index contributed by atoms with van der Waals surface area (Å²) in [4.78, 5) is 24.6. The molecule has 0 saturated heterocycles. The van der Waals surface area contributed by atoms with Gasteiger partial charge < -0.3 is 0 Å². The first-order valence-electron chi connectivity index (χ1n) is 16.2. The largest absolute Gasteiger partial charge is 0.294 e. The van der Waals surface area contributed by atoms with E-state index in [0.717, 1.165) is 84.0 Å². The molecule has 0 radical (unpaired) electrons. The van der Waals surface area contributed by atoms with Gasteiger partial charge in [-0.15, -0.1) is 0 Å². The van der Waals surface area contributed by atoms with Crippen LogP contribution in [0.1, 0.15) is 0 Å². The molecule has 6 aromatic heterocycles. The van der Waals surface area contributed by atoms with Crippen LogP contribution in [0.15, 0.2) is 170 Å². The number of aromatic nitrogens is 6. The lowest BCUT2D eigenvalue weighted by Crippen LogP contribution is -1.99. The maximum absolute atomic E-state index is 5.27. The van der Waals surface area contributed by atoms with Crippen LogP contribution < -0.4 is 0 Å². The van der Waals surface area contributed by atoms with E-state index in [2.05, 4.69) is 106 Å². The molecule has 6 heteroatoms. The molecule has 49 heavy (non-hydrogen) atoms. The fourth-order valence-electron chi connectivity index (χ4n) is 6.44. The third kappa shape index (κ3) is 5.31. The van der Waals surface area contributed by atoms with Gasteiger partial charge in [0.25, 0.3) is 0 Å². The topological polar surface area (TPSA) is 69.4 Å². The lowest BCUT2D eigenvalue weighted by atomic mass is 10.0. The van der Waals surface area contributed by atoms with E-state index in [1.165, 1.54) is 0 Å². The van der Waals surface area contributed by atoms with Crippen LogP contribution >= 0.6 is 0 Å². The summed E-state index contributed by atoms with van der Waals surface area (Å²) in [6.07, 6.45) is 5.55. The Kier molecular flexibility index (Phi) is 7.02. The molecule has 0 amide bonds. The number of hydrogen-bond donors (Lipinski definition) is 0. The highest BCUT2D eigenvalue weighted by Crippen LogP contribution is 2.35. The summed E-state index contributed by atoms with van der Waals surface area (Å²) in [6, 6.07) is 51.5. The molecule has 9 aromatic rings. The number of pyridine rings is 5. The Bertz CT molecular complexity index is 2490. The zero-order valence-electron chi connectivity index (χ0n) is 26.3. The molecule has 0 bridgehead atoms. The summed E-state index contributed by atoms with van der Waals surface area (Å²) in [7, 11) is 0. The molecule has 6 nitrogen and oxygen atoms in total. The third-order valence-electron chi connectivity index (χ3n) is 8.75. The number of hydrogen-bond acceptors (Lipinski definition) is 5. The minimum Gasteiger partial charge on any atom is -0.294 e. The molecule has 9 rings (SSSR count). The Hall–Kier alpha value is -6.79. The van der Waals surface area contributed by atoms with E-state index in [9.17, 15) is 0 Å². The van der Waals surface area contributed by atoms with E-state index in [1.54, 1.807) is 6.20 Å². The Morgan fingerprint density at radius 2 is 0.959 bits per heavy atom. The Balaban J connectivity index is 1.25. The molecule has 0 unspecified atom stereocenters. The van der Waals surface area contributed by atoms with E-state index < -0.39 is 0 Å². The molecule has 0 N–H and O–H groups in total. The number of fused-ring (bicyclic) bond motifs is 3. The fraction of sp³-hybridized carbons (Fsp3) is 0. The highest BCUT2D eigenvalue weighted by atomic mass is 15.1. The number of nitrogens with zero attached hydrogens (tertiary/aromatic N) is 6. The summed E-state index contributed by atoms with van der Waals surface area (Å²) in [5.41, 5.74) is 11.1. The summed E-state index contributed by atoms with van der Waals surface area (Å²) >= 11 is 0. The monoisotopic (exact) mass is 628 g/mol. The molecule has 3 aromatic carbocycles. The molecule has 6 heterocycles. The van der Waals surface area contributed by atoms with Gasteiger partial charge in [-0.2, -0.15) is 0 Å². The van der Waals surface area contributed by atoms with Crippen LogP contribution in [-0.2, 0) is 0 Å². The molecule has 0 fully saturated rings.